The first kappa shape index (κ1) is 18.5. The summed E-state index contributed by atoms with van der Waals surface area (Å²) in [5.74, 6) is 1.29. The van der Waals surface area contributed by atoms with Crippen LogP contribution in [-0.2, 0) is 0 Å². The number of para-hydroxylation sites is 1. The van der Waals surface area contributed by atoms with Crippen molar-refractivity contribution in [1.82, 2.24) is 9.97 Å². The fourth-order valence-corrected chi connectivity index (χ4v) is 3.05. The van der Waals surface area contributed by atoms with E-state index in [1.165, 1.54) is 0 Å². The molecule has 1 N–H and O–H groups in total. The van der Waals surface area contributed by atoms with Crippen LogP contribution in [0.3, 0.4) is 0 Å². The Bertz CT molecular complexity index is 1070. The molecule has 1 heterocycles. The average molecular weight is 403 g/mol. The fraction of sp³-hybridized carbons (Fsp3) is 0. The molecule has 0 unspecified atom stereocenters. The number of hydrogen-bond acceptors (Lipinski definition) is 3. The molecule has 0 radical (unpaired) electrons. The molecule has 4 aromatic rings. The normalized spacial score (nSPS) is 10.4. The number of anilines is 2. The van der Waals surface area contributed by atoms with E-state index in [-0.39, 0.29) is 12.4 Å². The van der Waals surface area contributed by atoms with Gasteiger partial charge in [0.05, 0.1) is 10.5 Å². The summed E-state index contributed by atoms with van der Waals surface area (Å²) in [7, 11) is 0. The summed E-state index contributed by atoms with van der Waals surface area (Å²) >= 11 is 12.4. The zero-order valence-electron chi connectivity index (χ0n) is 13.5. The highest BCUT2D eigenvalue weighted by Crippen LogP contribution is 2.30. The molecule has 0 amide bonds. The molecule has 6 heteroatoms. The Hall–Kier alpha value is -2.33. The van der Waals surface area contributed by atoms with E-state index in [1.54, 1.807) is 0 Å². The molecule has 0 aliphatic rings. The van der Waals surface area contributed by atoms with Crippen LogP contribution in [0.1, 0.15) is 0 Å². The fourth-order valence-electron chi connectivity index (χ4n) is 2.64. The summed E-state index contributed by atoms with van der Waals surface area (Å²) in [5, 5.41) is 5.55. The highest BCUT2D eigenvalue weighted by molar-refractivity contribution is 6.33. The molecule has 0 bridgehead atoms. The smallest absolute Gasteiger partial charge is 0.163 e. The van der Waals surface area contributed by atoms with Crippen molar-refractivity contribution in [3.05, 3.63) is 82.8 Å². The molecular formula is C20H14Cl3N3. The van der Waals surface area contributed by atoms with Crippen LogP contribution in [0.2, 0.25) is 10.0 Å². The minimum atomic E-state index is 0. The van der Waals surface area contributed by atoms with Crippen molar-refractivity contribution < 1.29 is 0 Å². The first-order valence-corrected chi connectivity index (χ1v) is 8.50. The third-order valence-electron chi connectivity index (χ3n) is 3.81. The van der Waals surface area contributed by atoms with E-state index in [0.29, 0.717) is 21.7 Å². The van der Waals surface area contributed by atoms with Gasteiger partial charge in [-0.1, -0.05) is 53.5 Å². The van der Waals surface area contributed by atoms with E-state index in [9.17, 15) is 0 Å². The number of benzene rings is 3. The van der Waals surface area contributed by atoms with Gasteiger partial charge >= 0.3 is 0 Å². The highest BCUT2D eigenvalue weighted by atomic mass is 35.5. The number of rotatable bonds is 3. The van der Waals surface area contributed by atoms with Crippen molar-refractivity contribution in [3.63, 3.8) is 0 Å². The molecule has 3 nitrogen and oxygen atoms in total. The molecule has 0 saturated carbocycles. The average Bonchev–Trinajstić information content (AvgIpc) is 2.62. The number of fused-ring (bicyclic) bond motifs is 1. The van der Waals surface area contributed by atoms with Crippen LogP contribution >= 0.6 is 35.6 Å². The van der Waals surface area contributed by atoms with E-state index in [2.05, 4.69) is 10.3 Å². The minimum absolute atomic E-state index is 0. The van der Waals surface area contributed by atoms with E-state index in [1.807, 2.05) is 72.8 Å². The predicted octanol–water partition coefficient (Wildman–Crippen LogP) is 6.77. The lowest BCUT2D eigenvalue weighted by Crippen LogP contribution is -1.99. The molecule has 0 aliphatic carbocycles. The van der Waals surface area contributed by atoms with Crippen LogP contribution in [0.25, 0.3) is 22.3 Å². The summed E-state index contributed by atoms with van der Waals surface area (Å²) in [6, 6.07) is 22.9. The lowest BCUT2D eigenvalue weighted by atomic mass is 10.1. The Balaban J connectivity index is 0.00000196. The topological polar surface area (TPSA) is 37.8 Å². The van der Waals surface area contributed by atoms with Gasteiger partial charge in [-0.2, -0.15) is 0 Å². The maximum Gasteiger partial charge on any atom is 0.163 e. The van der Waals surface area contributed by atoms with Gasteiger partial charge in [0.25, 0.3) is 0 Å². The maximum atomic E-state index is 6.33. The van der Waals surface area contributed by atoms with E-state index < -0.39 is 0 Å². The van der Waals surface area contributed by atoms with Crippen molar-refractivity contribution in [2.75, 3.05) is 5.32 Å². The molecule has 130 valence electrons. The zero-order chi connectivity index (χ0) is 17.2. The number of aromatic nitrogens is 2. The molecule has 0 fully saturated rings. The second-order valence-electron chi connectivity index (χ2n) is 5.53. The van der Waals surface area contributed by atoms with E-state index in [4.69, 9.17) is 28.2 Å². The Labute approximate surface area is 167 Å². The monoisotopic (exact) mass is 401 g/mol. The lowest BCUT2D eigenvalue weighted by Gasteiger charge is -2.12. The third-order valence-corrected chi connectivity index (χ3v) is 4.37. The van der Waals surface area contributed by atoms with Gasteiger partial charge in [0.1, 0.15) is 5.82 Å². The van der Waals surface area contributed by atoms with Crippen molar-refractivity contribution in [2.24, 2.45) is 0 Å². The first-order chi connectivity index (χ1) is 12.2. The van der Waals surface area contributed by atoms with Gasteiger partial charge in [-0.05, 0) is 42.5 Å². The van der Waals surface area contributed by atoms with Crippen molar-refractivity contribution in [2.45, 2.75) is 0 Å². The van der Waals surface area contributed by atoms with Crippen molar-refractivity contribution >= 4 is 58.0 Å². The van der Waals surface area contributed by atoms with Crippen LogP contribution < -0.4 is 5.32 Å². The van der Waals surface area contributed by atoms with Crippen LogP contribution in [0.5, 0.6) is 0 Å². The van der Waals surface area contributed by atoms with Gasteiger partial charge in [0.2, 0.25) is 0 Å². The second kappa shape index (κ2) is 7.92. The molecule has 26 heavy (non-hydrogen) atoms. The SMILES string of the molecule is Cl.Clc1cccc(Nc2nc(-c3ccccc3Cl)nc3ccccc23)c1. The number of hydrogen-bond donors (Lipinski definition) is 1. The van der Waals surface area contributed by atoms with Crippen LogP contribution in [-0.4, -0.2) is 9.97 Å². The largest absolute Gasteiger partial charge is 0.340 e. The van der Waals surface area contributed by atoms with Crippen LogP contribution in [0.4, 0.5) is 11.5 Å². The lowest BCUT2D eigenvalue weighted by molar-refractivity contribution is 1.22. The van der Waals surface area contributed by atoms with E-state index >= 15 is 0 Å². The molecule has 0 aliphatic heterocycles. The van der Waals surface area contributed by atoms with Gasteiger partial charge in [0.15, 0.2) is 5.82 Å². The molecule has 4 rings (SSSR count). The number of halogens is 3. The Morgan fingerprint density at radius 3 is 2.35 bits per heavy atom. The molecule has 0 spiro atoms. The van der Waals surface area contributed by atoms with Crippen molar-refractivity contribution in [1.29, 1.82) is 0 Å². The first-order valence-electron chi connectivity index (χ1n) is 7.75. The number of nitrogens with zero attached hydrogens (tertiary/aromatic N) is 2. The number of nitrogens with one attached hydrogen (secondary N) is 1. The van der Waals surface area contributed by atoms with Gasteiger partial charge in [-0.3, -0.25) is 0 Å². The predicted molar refractivity (Wildman–Crippen MR) is 112 cm³/mol. The summed E-state index contributed by atoms with van der Waals surface area (Å²) in [6.07, 6.45) is 0. The molecule has 1 aromatic heterocycles. The van der Waals surface area contributed by atoms with E-state index in [0.717, 1.165) is 22.2 Å². The summed E-state index contributed by atoms with van der Waals surface area (Å²) in [4.78, 5) is 9.37. The van der Waals surface area contributed by atoms with Gasteiger partial charge in [-0.25, -0.2) is 9.97 Å². The standard InChI is InChI=1S/C20H13Cl2N3.ClH/c21-13-6-5-7-14(12-13)23-20-16-9-2-4-11-18(16)24-19(25-20)15-8-1-3-10-17(15)22;/h1-12H,(H,23,24,25);1H. The quantitative estimate of drug-likeness (QED) is 0.411. The van der Waals surface area contributed by atoms with Gasteiger partial charge in [-0.15, -0.1) is 12.4 Å². The second-order valence-corrected chi connectivity index (χ2v) is 6.37. The van der Waals surface area contributed by atoms with Crippen LogP contribution in [0.15, 0.2) is 72.8 Å². The Morgan fingerprint density at radius 1 is 0.769 bits per heavy atom. The maximum absolute atomic E-state index is 6.33. The Morgan fingerprint density at radius 2 is 1.54 bits per heavy atom. The molecule has 0 atom stereocenters. The molecular weight excluding hydrogens is 389 g/mol. The highest BCUT2D eigenvalue weighted by Gasteiger charge is 2.11. The summed E-state index contributed by atoms with van der Waals surface area (Å²) in [6.45, 7) is 0. The van der Waals surface area contributed by atoms with Crippen LogP contribution in [0, 0.1) is 0 Å². The Kier molecular flexibility index (Phi) is 5.62. The van der Waals surface area contributed by atoms with Gasteiger partial charge in [0, 0.05) is 21.7 Å². The minimum Gasteiger partial charge on any atom is -0.340 e. The molecule has 3 aromatic carbocycles. The van der Waals surface area contributed by atoms with Crippen molar-refractivity contribution in [3.8, 4) is 11.4 Å². The third kappa shape index (κ3) is 3.75. The summed E-state index contributed by atoms with van der Waals surface area (Å²) < 4.78 is 0. The van der Waals surface area contributed by atoms with Gasteiger partial charge < -0.3 is 5.32 Å². The summed E-state index contributed by atoms with van der Waals surface area (Å²) in [5.41, 5.74) is 2.50. The zero-order valence-corrected chi connectivity index (χ0v) is 15.8. The molecule has 0 saturated heterocycles.